The second-order valence-corrected chi connectivity index (χ2v) is 4.49. The molecule has 1 atom stereocenters. The number of rotatable bonds is 9. The number of benzene rings is 1. The lowest BCUT2D eigenvalue weighted by Crippen LogP contribution is -2.37. The lowest BCUT2D eigenvalue weighted by Gasteiger charge is -2.18. The number of amides is 1. The zero-order valence-electron chi connectivity index (χ0n) is 12.2. The minimum absolute atomic E-state index is 0. The normalized spacial score (nSPS) is 11.5. The Kier molecular flexibility index (Phi) is 11.1. The van der Waals surface area contributed by atoms with Crippen LogP contribution < -0.4 is 10.6 Å². The first-order valence-electron chi connectivity index (χ1n) is 6.82. The minimum atomic E-state index is 0. The van der Waals surface area contributed by atoms with Crippen molar-refractivity contribution in [3.8, 4) is 0 Å². The van der Waals surface area contributed by atoms with E-state index in [4.69, 9.17) is 4.74 Å². The monoisotopic (exact) mass is 300 g/mol. The molecule has 1 aromatic carbocycles. The van der Waals surface area contributed by atoms with E-state index < -0.39 is 0 Å². The molecule has 0 aliphatic rings. The largest absolute Gasteiger partial charge is 0.383 e. The Bertz CT molecular complexity index is 360. The molecule has 0 fully saturated rings. The molecular weight excluding hydrogens is 276 g/mol. The molecule has 4 nitrogen and oxygen atoms in total. The maximum atomic E-state index is 11.9. The summed E-state index contributed by atoms with van der Waals surface area (Å²) in [6.07, 6.45) is 1.99. The van der Waals surface area contributed by atoms with Crippen LogP contribution in [0.1, 0.15) is 31.4 Å². The standard InChI is InChI=1S/C15H24N2O2.ClH/c1-3-7-14(13-8-5-4-6-9-13)17-15(18)12-16-10-11-19-2;/h4-6,8-9,14,16H,3,7,10-12H2,1-2H3,(H,17,18);1H. The Morgan fingerprint density at radius 3 is 2.60 bits per heavy atom. The zero-order valence-corrected chi connectivity index (χ0v) is 13.0. The minimum Gasteiger partial charge on any atom is -0.383 e. The van der Waals surface area contributed by atoms with Gasteiger partial charge in [0.05, 0.1) is 19.2 Å². The van der Waals surface area contributed by atoms with Crippen LogP contribution in [0.25, 0.3) is 0 Å². The van der Waals surface area contributed by atoms with Crippen molar-refractivity contribution in [3.05, 3.63) is 35.9 Å². The molecule has 1 aromatic rings. The molecule has 0 saturated carbocycles. The van der Waals surface area contributed by atoms with Gasteiger partial charge in [0, 0.05) is 13.7 Å². The molecule has 2 N–H and O–H groups in total. The summed E-state index contributed by atoms with van der Waals surface area (Å²) >= 11 is 0. The quantitative estimate of drug-likeness (QED) is 0.688. The summed E-state index contributed by atoms with van der Waals surface area (Å²) in [5, 5.41) is 6.12. The van der Waals surface area contributed by atoms with E-state index in [1.165, 1.54) is 0 Å². The molecule has 0 aromatic heterocycles. The van der Waals surface area contributed by atoms with E-state index >= 15 is 0 Å². The average molecular weight is 301 g/mol. The summed E-state index contributed by atoms with van der Waals surface area (Å²) in [4.78, 5) is 11.9. The SMILES string of the molecule is CCCC(NC(=O)CNCCOC)c1ccccc1.Cl. The molecule has 0 aliphatic heterocycles. The lowest BCUT2D eigenvalue weighted by molar-refractivity contribution is -0.121. The Hall–Kier alpha value is -1.10. The number of carbonyl (C=O) groups excluding carboxylic acids is 1. The Labute approximate surface area is 127 Å². The Morgan fingerprint density at radius 1 is 1.30 bits per heavy atom. The average Bonchev–Trinajstić information content (AvgIpc) is 2.44. The maximum Gasteiger partial charge on any atom is 0.234 e. The number of hydrogen-bond donors (Lipinski definition) is 2. The highest BCUT2D eigenvalue weighted by Crippen LogP contribution is 2.17. The first-order chi connectivity index (χ1) is 9.27. The molecule has 1 rings (SSSR count). The fourth-order valence-electron chi connectivity index (χ4n) is 1.92. The van der Waals surface area contributed by atoms with Crippen molar-refractivity contribution in [2.75, 3.05) is 26.8 Å². The molecule has 0 aliphatic carbocycles. The van der Waals surface area contributed by atoms with Gasteiger partial charge in [0.2, 0.25) is 5.91 Å². The van der Waals surface area contributed by atoms with E-state index in [-0.39, 0.29) is 24.4 Å². The van der Waals surface area contributed by atoms with Gasteiger partial charge in [0.25, 0.3) is 0 Å². The molecule has 1 amide bonds. The summed E-state index contributed by atoms with van der Waals surface area (Å²) in [6.45, 7) is 3.76. The van der Waals surface area contributed by atoms with Crippen LogP contribution in [0, 0.1) is 0 Å². The second kappa shape index (κ2) is 11.7. The van der Waals surface area contributed by atoms with Crippen LogP contribution in [0.15, 0.2) is 30.3 Å². The molecule has 0 saturated heterocycles. The molecular formula is C15H25ClN2O2. The fourth-order valence-corrected chi connectivity index (χ4v) is 1.92. The van der Waals surface area contributed by atoms with Crippen molar-refractivity contribution < 1.29 is 9.53 Å². The number of nitrogens with one attached hydrogen (secondary N) is 2. The van der Waals surface area contributed by atoms with Crippen molar-refractivity contribution in [2.24, 2.45) is 0 Å². The van der Waals surface area contributed by atoms with Crippen molar-refractivity contribution in [1.82, 2.24) is 10.6 Å². The van der Waals surface area contributed by atoms with Gasteiger partial charge >= 0.3 is 0 Å². The van der Waals surface area contributed by atoms with Gasteiger partial charge in [-0.15, -0.1) is 12.4 Å². The third-order valence-electron chi connectivity index (χ3n) is 2.88. The van der Waals surface area contributed by atoms with Gasteiger partial charge < -0.3 is 15.4 Å². The molecule has 20 heavy (non-hydrogen) atoms. The molecule has 114 valence electrons. The van der Waals surface area contributed by atoms with Crippen LogP contribution in [0.3, 0.4) is 0 Å². The van der Waals surface area contributed by atoms with Crippen LogP contribution in [-0.4, -0.2) is 32.7 Å². The highest BCUT2D eigenvalue weighted by molar-refractivity contribution is 5.85. The Balaban J connectivity index is 0.00000361. The van der Waals surface area contributed by atoms with Gasteiger partial charge in [-0.25, -0.2) is 0 Å². The van der Waals surface area contributed by atoms with Crippen LogP contribution in [0.4, 0.5) is 0 Å². The van der Waals surface area contributed by atoms with Crippen molar-refractivity contribution in [3.63, 3.8) is 0 Å². The summed E-state index contributed by atoms with van der Waals surface area (Å²) in [5.74, 6) is 0.0263. The van der Waals surface area contributed by atoms with Gasteiger partial charge in [-0.2, -0.15) is 0 Å². The van der Waals surface area contributed by atoms with E-state index in [0.717, 1.165) is 18.4 Å². The summed E-state index contributed by atoms with van der Waals surface area (Å²) in [5.41, 5.74) is 1.16. The summed E-state index contributed by atoms with van der Waals surface area (Å²) < 4.78 is 4.92. The van der Waals surface area contributed by atoms with Crippen LogP contribution in [0.2, 0.25) is 0 Å². The van der Waals surface area contributed by atoms with Crippen LogP contribution in [-0.2, 0) is 9.53 Å². The van der Waals surface area contributed by atoms with Gasteiger partial charge in [-0.1, -0.05) is 43.7 Å². The van der Waals surface area contributed by atoms with E-state index in [0.29, 0.717) is 19.7 Å². The smallest absolute Gasteiger partial charge is 0.234 e. The van der Waals surface area contributed by atoms with E-state index in [1.54, 1.807) is 7.11 Å². The lowest BCUT2D eigenvalue weighted by atomic mass is 10.0. The molecule has 0 radical (unpaired) electrons. The third-order valence-corrected chi connectivity index (χ3v) is 2.88. The number of carbonyl (C=O) groups is 1. The molecule has 5 heteroatoms. The van der Waals surface area contributed by atoms with Crippen LogP contribution >= 0.6 is 12.4 Å². The summed E-state index contributed by atoms with van der Waals surface area (Å²) in [7, 11) is 1.65. The number of halogens is 1. The first-order valence-corrected chi connectivity index (χ1v) is 6.82. The van der Waals surface area contributed by atoms with Crippen molar-refractivity contribution >= 4 is 18.3 Å². The molecule has 0 heterocycles. The third kappa shape index (κ3) is 7.48. The first kappa shape index (κ1) is 18.9. The fraction of sp³-hybridized carbons (Fsp3) is 0.533. The van der Waals surface area contributed by atoms with Gasteiger partial charge in [0.15, 0.2) is 0 Å². The predicted octanol–water partition coefficient (Wildman–Crippen LogP) is 2.30. The van der Waals surface area contributed by atoms with E-state index in [2.05, 4.69) is 29.7 Å². The number of methoxy groups -OCH3 is 1. The molecule has 1 unspecified atom stereocenters. The van der Waals surface area contributed by atoms with Gasteiger partial charge in [-0.05, 0) is 12.0 Å². The highest BCUT2D eigenvalue weighted by Gasteiger charge is 2.12. The second-order valence-electron chi connectivity index (χ2n) is 4.49. The van der Waals surface area contributed by atoms with Crippen molar-refractivity contribution in [1.29, 1.82) is 0 Å². The van der Waals surface area contributed by atoms with Gasteiger partial charge in [-0.3, -0.25) is 4.79 Å². The molecule has 0 bridgehead atoms. The topological polar surface area (TPSA) is 50.4 Å². The number of ether oxygens (including phenoxy) is 1. The number of hydrogen-bond acceptors (Lipinski definition) is 3. The zero-order chi connectivity index (χ0) is 13.9. The van der Waals surface area contributed by atoms with E-state index in [9.17, 15) is 4.79 Å². The van der Waals surface area contributed by atoms with Gasteiger partial charge in [0.1, 0.15) is 0 Å². The highest BCUT2D eigenvalue weighted by atomic mass is 35.5. The maximum absolute atomic E-state index is 11.9. The summed E-state index contributed by atoms with van der Waals surface area (Å²) in [6, 6.07) is 10.2. The Morgan fingerprint density at radius 2 is 2.00 bits per heavy atom. The predicted molar refractivity (Wildman–Crippen MR) is 84.2 cm³/mol. The molecule has 0 spiro atoms. The van der Waals surface area contributed by atoms with E-state index in [1.807, 2.05) is 18.2 Å². The van der Waals surface area contributed by atoms with Crippen molar-refractivity contribution in [2.45, 2.75) is 25.8 Å². The van der Waals surface area contributed by atoms with Crippen LogP contribution in [0.5, 0.6) is 0 Å².